The lowest BCUT2D eigenvalue weighted by molar-refractivity contribution is 0.0709. The minimum Gasteiger partial charge on any atom is -0.371 e. The molecule has 0 aromatic heterocycles. The van der Waals surface area contributed by atoms with Gasteiger partial charge in [0.15, 0.2) is 0 Å². The highest BCUT2D eigenvalue weighted by Crippen LogP contribution is 2.29. The van der Waals surface area contributed by atoms with E-state index in [-0.39, 0.29) is 41.7 Å². The van der Waals surface area contributed by atoms with Crippen LogP contribution in [0.5, 0.6) is 0 Å². The fourth-order valence-corrected chi connectivity index (χ4v) is 4.68. The summed E-state index contributed by atoms with van der Waals surface area (Å²) in [4.78, 5) is 17.5. The number of carbonyl (C=O) groups excluding carboxylic acids is 1. The molecule has 2 aliphatic heterocycles. The molecular formula is C19H32Cl2N4O3S. The number of hydrogen-bond acceptors (Lipinski definition) is 5. The Kier molecular flexibility index (Phi) is 9.69. The maximum absolute atomic E-state index is 13.3. The second-order valence-corrected chi connectivity index (χ2v) is 9.77. The Morgan fingerprint density at radius 1 is 1.10 bits per heavy atom. The van der Waals surface area contributed by atoms with Gasteiger partial charge < -0.3 is 15.1 Å². The van der Waals surface area contributed by atoms with Gasteiger partial charge in [0.25, 0.3) is 5.91 Å². The molecule has 3 rings (SSSR count). The van der Waals surface area contributed by atoms with Crippen LogP contribution in [0.1, 0.15) is 36.5 Å². The molecule has 1 N–H and O–H groups in total. The van der Waals surface area contributed by atoms with Crippen molar-refractivity contribution in [1.29, 1.82) is 0 Å². The van der Waals surface area contributed by atoms with E-state index in [0.29, 0.717) is 18.7 Å². The number of sulfonamides is 1. The lowest BCUT2D eigenvalue weighted by Crippen LogP contribution is -2.51. The zero-order chi connectivity index (χ0) is 19.6. The third-order valence-corrected chi connectivity index (χ3v) is 7.14. The van der Waals surface area contributed by atoms with Crippen molar-refractivity contribution in [1.82, 2.24) is 14.5 Å². The number of nitrogens with zero attached hydrogens (tertiary/aromatic N) is 3. The second kappa shape index (κ2) is 10.8. The molecule has 2 fully saturated rings. The highest BCUT2D eigenvalue weighted by Gasteiger charge is 2.28. The Bertz CT molecular complexity index is 799. The van der Waals surface area contributed by atoms with E-state index < -0.39 is 10.0 Å². The number of halogens is 2. The van der Waals surface area contributed by atoms with Gasteiger partial charge in [0, 0.05) is 58.5 Å². The monoisotopic (exact) mass is 466 g/mol. The number of rotatable bonds is 4. The van der Waals surface area contributed by atoms with Crippen LogP contribution in [0.2, 0.25) is 0 Å². The molecule has 1 atom stereocenters. The van der Waals surface area contributed by atoms with Gasteiger partial charge in [-0.2, -0.15) is 0 Å². The molecule has 1 aromatic carbocycles. The summed E-state index contributed by atoms with van der Waals surface area (Å²) in [6.07, 6.45) is 3.38. The van der Waals surface area contributed by atoms with E-state index in [9.17, 15) is 13.2 Å². The molecule has 2 heterocycles. The van der Waals surface area contributed by atoms with Crippen molar-refractivity contribution in [3.8, 4) is 0 Å². The Hall–Kier alpha value is -1.06. The van der Waals surface area contributed by atoms with Crippen LogP contribution in [0.15, 0.2) is 23.1 Å². The zero-order valence-corrected chi connectivity index (χ0v) is 19.7. The van der Waals surface area contributed by atoms with Crippen LogP contribution in [-0.2, 0) is 10.0 Å². The quantitative estimate of drug-likeness (QED) is 0.735. The van der Waals surface area contributed by atoms with Crippen LogP contribution in [0, 0.1) is 0 Å². The lowest BCUT2D eigenvalue weighted by atomic mass is 10.1. The number of anilines is 1. The number of hydrogen-bond donors (Lipinski definition) is 1. The van der Waals surface area contributed by atoms with Crippen molar-refractivity contribution in [2.75, 3.05) is 51.7 Å². The van der Waals surface area contributed by atoms with Gasteiger partial charge in [-0.3, -0.25) is 4.79 Å². The maximum atomic E-state index is 13.3. The highest BCUT2D eigenvalue weighted by molar-refractivity contribution is 7.89. The predicted octanol–water partition coefficient (Wildman–Crippen LogP) is 2.20. The van der Waals surface area contributed by atoms with Gasteiger partial charge in [-0.1, -0.05) is 0 Å². The Labute approximate surface area is 186 Å². The third-order valence-electron chi connectivity index (χ3n) is 5.33. The third kappa shape index (κ3) is 5.76. The molecule has 10 heteroatoms. The van der Waals surface area contributed by atoms with Crippen molar-refractivity contribution in [2.24, 2.45) is 0 Å². The molecule has 166 valence electrons. The van der Waals surface area contributed by atoms with Crippen molar-refractivity contribution >= 4 is 46.4 Å². The number of piperidine rings is 1. The van der Waals surface area contributed by atoms with E-state index in [4.69, 9.17) is 0 Å². The number of benzene rings is 1. The first kappa shape index (κ1) is 26.0. The average Bonchev–Trinajstić information content (AvgIpc) is 2.67. The van der Waals surface area contributed by atoms with Crippen molar-refractivity contribution in [3.63, 3.8) is 0 Å². The van der Waals surface area contributed by atoms with Gasteiger partial charge in [0.05, 0.1) is 10.5 Å². The number of nitrogens with one attached hydrogen (secondary N) is 1. The van der Waals surface area contributed by atoms with Crippen LogP contribution in [-0.4, -0.2) is 76.4 Å². The molecule has 1 amide bonds. The minimum atomic E-state index is -3.59. The minimum absolute atomic E-state index is 0. The highest BCUT2D eigenvalue weighted by atomic mass is 35.5. The molecule has 1 unspecified atom stereocenters. The van der Waals surface area contributed by atoms with Crippen molar-refractivity contribution in [3.05, 3.63) is 23.8 Å². The molecule has 29 heavy (non-hydrogen) atoms. The predicted molar refractivity (Wildman–Crippen MR) is 121 cm³/mol. The van der Waals surface area contributed by atoms with Gasteiger partial charge in [-0.05, 0) is 44.4 Å². The Morgan fingerprint density at radius 2 is 1.76 bits per heavy atom. The van der Waals surface area contributed by atoms with E-state index in [1.165, 1.54) is 24.8 Å². The summed E-state index contributed by atoms with van der Waals surface area (Å²) >= 11 is 0. The summed E-state index contributed by atoms with van der Waals surface area (Å²) in [6.45, 7) is 5.87. The first-order valence-electron chi connectivity index (χ1n) is 9.65. The number of piperazine rings is 1. The fourth-order valence-electron chi connectivity index (χ4n) is 3.76. The molecule has 0 bridgehead atoms. The van der Waals surface area contributed by atoms with Crippen LogP contribution in [0.3, 0.4) is 0 Å². The van der Waals surface area contributed by atoms with Crippen LogP contribution >= 0.6 is 24.8 Å². The van der Waals surface area contributed by atoms with Gasteiger partial charge in [-0.25, -0.2) is 12.7 Å². The normalized spacial score (nSPS) is 20.1. The molecular weight excluding hydrogens is 435 g/mol. The Balaban J connectivity index is 0.00000210. The first-order chi connectivity index (χ1) is 12.8. The summed E-state index contributed by atoms with van der Waals surface area (Å²) in [5, 5.41) is 3.34. The lowest BCUT2D eigenvalue weighted by Gasteiger charge is -2.35. The summed E-state index contributed by atoms with van der Waals surface area (Å²) in [5.74, 6) is -0.0836. The summed E-state index contributed by atoms with van der Waals surface area (Å²) < 4.78 is 26.4. The largest absolute Gasteiger partial charge is 0.371 e. The standard InChI is InChI=1S/C19H30N4O3S.2ClH/c1-15-14-23(12-9-20-15)19(24)17-13-16(27(25,26)21(2)3)7-8-18(17)22-10-5-4-6-11-22;;/h7-8,13,15,20H,4-6,9-12,14H2,1-3H3;2*1H. The second-order valence-electron chi connectivity index (χ2n) is 7.62. The van der Waals surface area contributed by atoms with E-state index in [1.54, 1.807) is 18.2 Å². The van der Waals surface area contributed by atoms with E-state index in [2.05, 4.69) is 17.1 Å². The van der Waals surface area contributed by atoms with Crippen LogP contribution < -0.4 is 10.2 Å². The SMILES string of the molecule is CC1CN(C(=O)c2cc(S(=O)(=O)N(C)C)ccc2N2CCCCC2)CCN1.Cl.Cl. The van der Waals surface area contributed by atoms with Gasteiger partial charge >= 0.3 is 0 Å². The molecule has 1 aromatic rings. The topological polar surface area (TPSA) is 73.0 Å². The molecule has 7 nitrogen and oxygen atoms in total. The summed E-state index contributed by atoms with van der Waals surface area (Å²) in [7, 11) is -0.576. The van der Waals surface area contributed by atoms with Gasteiger partial charge in [0.1, 0.15) is 0 Å². The summed E-state index contributed by atoms with van der Waals surface area (Å²) in [6, 6.07) is 5.22. The molecule has 0 spiro atoms. The van der Waals surface area contributed by atoms with Crippen LogP contribution in [0.25, 0.3) is 0 Å². The fraction of sp³-hybridized carbons (Fsp3) is 0.632. The van der Waals surface area contributed by atoms with Gasteiger partial charge in [0.2, 0.25) is 10.0 Å². The number of amides is 1. The van der Waals surface area contributed by atoms with Gasteiger partial charge in [-0.15, -0.1) is 24.8 Å². The van der Waals surface area contributed by atoms with E-state index in [0.717, 1.165) is 38.2 Å². The molecule has 2 aliphatic rings. The van der Waals surface area contributed by atoms with Crippen molar-refractivity contribution < 1.29 is 13.2 Å². The number of carbonyl (C=O) groups is 1. The maximum Gasteiger partial charge on any atom is 0.256 e. The smallest absolute Gasteiger partial charge is 0.256 e. The Morgan fingerprint density at radius 3 is 2.34 bits per heavy atom. The zero-order valence-electron chi connectivity index (χ0n) is 17.3. The first-order valence-corrected chi connectivity index (χ1v) is 11.1. The summed E-state index contributed by atoms with van der Waals surface area (Å²) in [5.41, 5.74) is 1.34. The molecule has 0 aliphatic carbocycles. The van der Waals surface area contributed by atoms with Crippen molar-refractivity contribution in [2.45, 2.75) is 37.1 Å². The molecule has 0 radical (unpaired) electrons. The average molecular weight is 467 g/mol. The molecule has 2 saturated heterocycles. The van der Waals surface area contributed by atoms with Crippen LogP contribution in [0.4, 0.5) is 5.69 Å². The molecule has 0 saturated carbocycles. The van der Waals surface area contributed by atoms with E-state index in [1.807, 2.05) is 4.90 Å². The van der Waals surface area contributed by atoms with E-state index >= 15 is 0 Å².